The van der Waals surface area contributed by atoms with Crippen LogP contribution in [0.25, 0.3) is 0 Å². The highest BCUT2D eigenvalue weighted by molar-refractivity contribution is 5.89. The second-order valence-electron chi connectivity index (χ2n) is 5.70. The van der Waals surface area contributed by atoms with Gasteiger partial charge in [0, 0.05) is 5.92 Å². The van der Waals surface area contributed by atoms with E-state index >= 15 is 0 Å². The summed E-state index contributed by atoms with van der Waals surface area (Å²) in [7, 11) is 0. The van der Waals surface area contributed by atoms with Crippen LogP contribution < -0.4 is 0 Å². The molecular weight excluding hydrogens is 200 g/mol. The molecule has 1 N–H and O–H groups in total. The first-order chi connectivity index (χ1) is 7.74. The Bertz CT molecular complexity index is 334. The van der Waals surface area contributed by atoms with Crippen molar-refractivity contribution in [1.29, 1.82) is 0 Å². The van der Waals surface area contributed by atoms with Gasteiger partial charge in [0.15, 0.2) is 5.78 Å². The Morgan fingerprint density at radius 2 is 2.12 bits per heavy atom. The molecule has 0 aromatic carbocycles. The highest BCUT2D eigenvalue weighted by Gasteiger charge is 2.58. The zero-order valence-electron chi connectivity index (χ0n) is 9.80. The lowest BCUT2D eigenvalue weighted by Crippen LogP contribution is -2.25. The summed E-state index contributed by atoms with van der Waals surface area (Å²) in [5.41, 5.74) is 0. The summed E-state index contributed by atoms with van der Waals surface area (Å²) >= 11 is 0. The molecule has 3 aliphatic rings. The molecular formula is C14H20O2. The molecule has 0 spiro atoms. The highest BCUT2D eigenvalue weighted by atomic mass is 16.3. The molecule has 6 atom stereocenters. The van der Waals surface area contributed by atoms with Gasteiger partial charge in [-0.2, -0.15) is 0 Å². The number of aliphatic hydroxyl groups is 1. The Morgan fingerprint density at radius 3 is 2.88 bits per heavy atom. The summed E-state index contributed by atoms with van der Waals surface area (Å²) < 4.78 is 0. The summed E-state index contributed by atoms with van der Waals surface area (Å²) in [6, 6.07) is 0. The molecule has 0 aliphatic heterocycles. The third-order valence-corrected chi connectivity index (χ3v) is 4.93. The molecule has 3 aliphatic carbocycles. The van der Waals surface area contributed by atoms with Gasteiger partial charge in [-0.3, -0.25) is 4.79 Å². The molecule has 0 aromatic rings. The maximum atomic E-state index is 12.1. The minimum Gasteiger partial charge on any atom is -0.385 e. The van der Waals surface area contributed by atoms with E-state index in [1.165, 1.54) is 0 Å². The van der Waals surface area contributed by atoms with Crippen LogP contribution in [0.3, 0.4) is 0 Å². The van der Waals surface area contributed by atoms with Crippen molar-refractivity contribution in [3.63, 3.8) is 0 Å². The predicted octanol–water partition coefficient (Wildman–Crippen LogP) is 2.17. The molecule has 2 bridgehead atoms. The normalized spacial score (nSPS) is 49.0. The number of carbonyl (C=O) groups excluding carboxylic acids is 1. The molecule has 2 heteroatoms. The van der Waals surface area contributed by atoms with E-state index in [9.17, 15) is 9.90 Å². The fraction of sp³-hybridized carbons (Fsp3) is 0.786. The number of allylic oxidation sites excluding steroid dienone is 2. The van der Waals surface area contributed by atoms with Gasteiger partial charge in [-0.15, -0.1) is 0 Å². The second kappa shape index (κ2) is 3.69. The molecule has 0 aromatic heterocycles. The number of hydrogen-bond acceptors (Lipinski definition) is 2. The van der Waals surface area contributed by atoms with Gasteiger partial charge in [0.05, 0.1) is 0 Å². The van der Waals surface area contributed by atoms with E-state index in [0.717, 1.165) is 25.7 Å². The van der Waals surface area contributed by atoms with Gasteiger partial charge in [0.25, 0.3) is 0 Å². The van der Waals surface area contributed by atoms with Gasteiger partial charge in [-0.05, 0) is 36.5 Å². The minimum absolute atomic E-state index is 0.142. The molecule has 3 rings (SSSR count). The molecule has 0 amide bonds. The van der Waals surface area contributed by atoms with E-state index in [4.69, 9.17) is 0 Å². The van der Waals surface area contributed by atoms with Crippen molar-refractivity contribution in [2.75, 3.05) is 0 Å². The van der Waals surface area contributed by atoms with Gasteiger partial charge in [0.2, 0.25) is 0 Å². The van der Waals surface area contributed by atoms with Gasteiger partial charge in [-0.1, -0.05) is 31.9 Å². The third-order valence-electron chi connectivity index (χ3n) is 4.93. The van der Waals surface area contributed by atoms with Crippen LogP contribution >= 0.6 is 0 Å². The third kappa shape index (κ3) is 1.26. The largest absolute Gasteiger partial charge is 0.385 e. The van der Waals surface area contributed by atoms with E-state index in [2.05, 4.69) is 19.1 Å². The van der Waals surface area contributed by atoms with E-state index in [0.29, 0.717) is 17.8 Å². The van der Waals surface area contributed by atoms with E-state index < -0.39 is 6.10 Å². The van der Waals surface area contributed by atoms with Gasteiger partial charge in [-0.25, -0.2) is 0 Å². The smallest absolute Gasteiger partial charge is 0.165 e. The first-order valence-corrected chi connectivity index (χ1v) is 6.64. The summed E-state index contributed by atoms with van der Waals surface area (Å²) in [6.45, 7) is 2.17. The minimum atomic E-state index is -0.660. The molecule has 16 heavy (non-hydrogen) atoms. The SMILES string of the molecule is CCCC[C@H]1C(O)C(=O)[C@H]2[C@@H]1[C@@H]1C=C[C@H]2C1. The van der Waals surface area contributed by atoms with Gasteiger partial charge >= 0.3 is 0 Å². The quantitative estimate of drug-likeness (QED) is 0.740. The molecule has 0 radical (unpaired) electrons. The Morgan fingerprint density at radius 1 is 1.38 bits per heavy atom. The topological polar surface area (TPSA) is 37.3 Å². The number of Topliss-reactive ketones (excluding diaryl/α,β-unsaturated/α-hetero) is 1. The molecule has 88 valence electrons. The Hall–Kier alpha value is -0.630. The number of aliphatic hydroxyl groups excluding tert-OH is 1. The number of carbonyl (C=O) groups is 1. The standard InChI is InChI=1S/C14H20O2/c1-2-3-4-10-11-8-5-6-9(7-8)12(11)14(16)13(10)15/h5-6,8-13,15H,2-4,7H2,1H3/t8-,9+,10-,11-,12-,13?/m1/s1. The molecule has 2 saturated carbocycles. The summed E-state index contributed by atoms with van der Waals surface area (Å²) in [5, 5.41) is 10.1. The number of ketones is 1. The lowest BCUT2D eigenvalue weighted by molar-refractivity contribution is -0.129. The zero-order valence-corrected chi connectivity index (χ0v) is 9.80. The monoisotopic (exact) mass is 220 g/mol. The average Bonchev–Trinajstić information content (AvgIpc) is 2.93. The van der Waals surface area contributed by atoms with Crippen molar-refractivity contribution in [2.45, 2.75) is 38.7 Å². The van der Waals surface area contributed by atoms with Crippen LogP contribution in [0.5, 0.6) is 0 Å². The van der Waals surface area contributed by atoms with Gasteiger partial charge < -0.3 is 5.11 Å². The van der Waals surface area contributed by atoms with E-state index in [-0.39, 0.29) is 17.6 Å². The van der Waals surface area contributed by atoms with Crippen molar-refractivity contribution >= 4 is 5.78 Å². The Labute approximate surface area is 96.7 Å². The van der Waals surface area contributed by atoms with Crippen LogP contribution in [0.4, 0.5) is 0 Å². The van der Waals surface area contributed by atoms with Crippen molar-refractivity contribution in [2.24, 2.45) is 29.6 Å². The maximum Gasteiger partial charge on any atom is 0.165 e. The van der Waals surface area contributed by atoms with Crippen LogP contribution in [-0.2, 0) is 4.79 Å². The molecule has 2 fully saturated rings. The fourth-order valence-electron chi connectivity index (χ4n) is 4.25. The zero-order chi connectivity index (χ0) is 11.3. The fourth-order valence-corrected chi connectivity index (χ4v) is 4.25. The van der Waals surface area contributed by atoms with Crippen molar-refractivity contribution < 1.29 is 9.90 Å². The van der Waals surface area contributed by atoms with Crippen molar-refractivity contribution in [3.8, 4) is 0 Å². The molecule has 0 saturated heterocycles. The van der Waals surface area contributed by atoms with Gasteiger partial charge in [0.1, 0.15) is 6.10 Å². The van der Waals surface area contributed by atoms with Crippen LogP contribution in [0.1, 0.15) is 32.6 Å². The van der Waals surface area contributed by atoms with Crippen LogP contribution in [0.15, 0.2) is 12.2 Å². The van der Waals surface area contributed by atoms with Crippen LogP contribution in [0.2, 0.25) is 0 Å². The van der Waals surface area contributed by atoms with Crippen molar-refractivity contribution in [3.05, 3.63) is 12.2 Å². The molecule has 0 heterocycles. The van der Waals surface area contributed by atoms with Crippen LogP contribution in [-0.4, -0.2) is 17.0 Å². The summed E-state index contributed by atoms with van der Waals surface area (Å²) in [4.78, 5) is 12.1. The highest BCUT2D eigenvalue weighted by Crippen LogP contribution is 2.57. The van der Waals surface area contributed by atoms with E-state index in [1.54, 1.807) is 0 Å². The Kier molecular flexibility index (Phi) is 2.43. The number of fused-ring (bicyclic) bond motifs is 5. The average molecular weight is 220 g/mol. The summed E-state index contributed by atoms with van der Waals surface area (Å²) in [5.74, 6) is 2.04. The first kappa shape index (κ1) is 10.5. The van der Waals surface area contributed by atoms with Crippen molar-refractivity contribution in [1.82, 2.24) is 0 Å². The number of unbranched alkanes of at least 4 members (excludes halogenated alkanes) is 1. The van der Waals surface area contributed by atoms with Crippen LogP contribution in [0, 0.1) is 29.6 Å². The lowest BCUT2D eigenvalue weighted by atomic mass is 9.79. The molecule has 1 unspecified atom stereocenters. The Balaban J connectivity index is 1.84. The second-order valence-corrected chi connectivity index (χ2v) is 5.70. The van der Waals surface area contributed by atoms with E-state index in [1.807, 2.05) is 0 Å². The molecule has 2 nitrogen and oxygen atoms in total. The number of rotatable bonds is 3. The number of hydrogen-bond donors (Lipinski definition) is 1. The summed E-state index contributed by atoms with van der Waals surface area (Å²) in [6.07, 6.45) is 8.32. The maximum absolute atomic E-state index is 12.1. The first-order valence-electron chi connectivity index (χ1n) is 6.64. The lowest BCUT2D eigenvalue weighted by Gasteiger charge is -2.25. The predicted molar refractivity (Wildman–Crippen MR) is 61.7 cm³/mol.